The van der Waals surface area contributed by atoms with Crippen molar-refractivity contribution in [1.29, 1.82) is 0 Å². The molecule has 0 saturated heterocycles. The van der Waals surface area contributed by atoms with Crippen LogP contribution in [0.2, 0.25) is 0 Å². The number of hydrogen-bond acceptors (Lipinski definition) is 4. The second kappa shape index (κ2) is 7.10. The summed E-state index contributed by atoms with van der Waals surface area (Å²) in [6, 6.07) is 5.86. The largest absolute Gasteiger partial charge is 0.481 e. The van der Waals surface area contributed by atoms with Crippen LogP contribution in [0.25, 0.3) is 0 Å². The number of anilines is 1. The Morgan fingerprint density at radius 2 is 1.84 bits per heavy atom. The number of nitrogens with one attached hydrogen (secondary N) is 1. The van der Waals surface area contributed by atoms with E-state index < -0.39 is 10.9 Å². The van der Waals surface area contributed by atoms with Gasteiger partial charge >= 0.3 is 5.97 Å². The van der Waals surface area contributed by atoms with Crippen molar-refractivity contribution in [3.8, 4) is 0 Å². The first kappa shape index (κ1) is 14.6. The molecule has 7 nitrogen and oxygen atoms in total. The lowest BCUT2D eigenvalue weighted by molar-refractivity contribution is -0.383. The summed E-state index contributed by atoms with van der Waals surface area (Å²) in [5, 5.41) is 21.6. The number of benzene rings is 1. The number of rotatable bonds is 7. The molecule has 1 amide bonds. The number of carboxylic acids is 1. The number of nitrogens with zero attached hydrogens (tertiary/aromatic N) is 1. The summed E-state index contributed by atoms with van der Waals surface area (Å²) in [7, 11) is 0. The smallest absolute Gasteiger partial charge is 0.303 e. The molecule has 0 radical (unpaired) electrons. The Morgan fingerprint density at radius 1 is 1.21 bits per heavy atom. The van der Waals surface area contributed by atoms with E-state index in [1.165, 1.54) is 18.2 Å². The Labute approximate surface area is 109 Å². The molecule has 0 aromatic heterocycles. The molecule has 0 atom stereocenters. The lowest BCUT2D eigenvalue weighted by Crippen LogP contribution is -2.12. The van der Waals surface area contributed by atoms with Crippen LogP contribution in [0, 0.1) is 10.1 Å². The van der Waals surface area contributed by atoms with Gasteiger partial charge in [0.15, 0.2) is 0 Å². The summed E-state index contributed by atoms with van der Waals surface area (Å²) in [6.07, 6.45) is 0.983. The van der Waals surface area contributed by atoms with Gasteiger partial charge in [-0.2, -0.15) is 0 Å². The van der Waals surface area contributed by atoms with Gasteiger partial charge in [0.1, 0.15) is 5.69 Å². The Morgan fingerprint density at radius 3 is 2.47 bits per heavy atom. The number of nitro benzene ring substituents is 1. The normalized spacial score (nSPS) is 9.89. The van der Waals surface area contributed by atoms with Gasteiger partial charge in [-0.3, -0.25) is 19.7 Å². The summed E-state index contributed by atoms with van der Waals surface area (Å²) < 4.78 is 0. The van der Waals surface area contributed by atoms with Gasteiger partial charge in [0.05, 0.1) is 4.92 Å². The number of carbonyl (C=O) groups excluding carboxylic acids is 1. The molecule has 0 saturated carbocycles. The Kier molecular flexibility index (Phi) is 5.46. The molecular weight excluding hydrogens is 252 g/mol. The third-order valence-corrected chi connectivity index (χ3v) is 2.42. The van der Waals surface area contributed by atoms with E-state index >= 15 is 0 Å². The highest BCUT2D eigenvalue weighted by atomic mass is 16.6. The third kappa shape index (κ3) is 5.15. The fourth-order valence-electron chi connectivity index (χ4n) is 1.51. The zero-order valence-electron chi connectivity index (χ0n) is 10.2. The van der Waals surface area contributed by atoms with Crippen LogP contribution in [0.5, 0.6) is 0 Å². The minimum atomic E-state index is -0.904. The topological polar surface area (TPSA) is 110 Å². The first-order valence-corrected chi connectivity index (χ1v) is 5.76. The molecule has 0 aliphatic rings. The van der Waals surface area contributed by atoms with Crippen LogP contribution in [0.15, 0.2) is 24.3 Å². The minimum Gasteiger partial charge on any atom is -0.481 e. The van der Waals surface area contributed by atoms with Gasteiger partial charge in [-0.15, -0.1) is 0 Å². The van der Waals surface area contributed by atoms with Crippen LogP contribution >= 0.6 is 0 Å². The number of aliphatic carboxylic acids is 1. The first-order chi connectivity index (χ1) is 9.00. The molecule has 0 spiro atoms. The number of unbranched alkanes of at least 4 members (excludes halogenated alkanes) is 1. The zero-order chi connectivity index (χ0) is 14.3. The average molecular weight is 266 g/mol. The van der Waals surface area contributed by atoms with Gasteiger partial charge in [-0.05, 0) is 18.9 Å². The van der Waals surface area contributed by atoms with Crippen molar-refractivity contribution < 1.29 is 19.6 Å². The van der Waals surface area contributed by atoms with E-state index in [-0.39, 0.29) is 30.1 Å². The Hall–Kier alpha value is -2.44. The molecule has 1 aromatic rings. The monoisotopic (exact) mass is 266 g/mol. The second-order valence-electron chi connectivity index (χ2n) is 3.92. The highest BCUT2D eigenvalue weighted by molar-refractivity contribution is 5.92. The van der Waals surface area contributed by atoms with Crippen molar-refractivity contribution in [2.24, 2.45) is 0 Å². The molecule has 7 heteroatoms. The van der Waals surface area contributed by atoms with Gasteiger partial charge in [0, 0.05) is 18.9 Å². The van der Waals surface area contributed by atoms with Gasteiger partial charge in [-0.25, -0.2) is 0 Å². The molecule has 0 fully saturated rings. The predicted molar refractivity (Wildman–Crippen MR) is 67.8 cm³/mol. The molecule has 0 aliphatic carbocycles. The van der Waals surface area contributed by atoms with Crippen molar-refractivity contribution in [2.45, 2.75) is 25.7 Å². The van der Waals surface area contributed by atoms with Crippen LogP contribution in [-0.4, -0.2) is 21.9 Å². The maximum Gasteiger partial charge on any atom is 0.303 e. The van der Waals surface area contributed by atoms with Crippen molar-refractivity contribution in [1.82, 2.24) is 0 Å². The number of hydrogen-bond donors (Lipinski definition) is 2. The average Bonchev–Trinajstić information content (AvgIpc) is 2.35. The molecule has 1 rings (SSSR count). The van der Waals surface area contributed by atoms with Crippen LogP contribution in [0.4, 0.5) is 11.4 Å². The predicted octanol–water partition coefficient (Wildman–Crippen LogP) is 2.18. The number of carbonyl (C=O) groups is 2. The van der Waals surface area contributed by atoms with Gasteiger partial charge in [0.25, 0.3) is 5.69 Å². The van der Waals surface area contributed by atoms with Gasteiger partial charge in [-0.1, -0.05) is 12.1 Å². The van der Waals surface area contributed by atoms with Crippen molar-refractivity contribution >= 4 is 23.3 Å². The summed E-state index contributed by atoms with van der Waals surface area (Å²) >= 11 is 0. The van der Waals surface area contributed by atoms with Crippen LogP contribution in [-0.2, 0) is 9.59 Å². The molecule has 0 unspecified atom stereocenters. The van der Waals surface area contributed by atoms with E-state index in [1.807, 2.05) is 0 Å². The number of carboxylic acid groups (broad SMARTS) is 1. The standard InChI is InChI=1S/C12H14N2O5/c15-11(7-3-4-8-12(16)17)13-9-5-1-2-6-10(9)14(18)19/h1-2,5-6H,3-4,7-8H2,(H,13,15)(H,16,17). The highest BCUT2D eigenvalue weighted by Crippen LogP contribution is 2.23. The molecule has 1 aromatic carbocycles. The SMILES string of the molecule is O=C(O)CCCCC(=O)Nc1ccccc1[N+](=O)[O-]. The number of para-hydroxylation sites is 2. The maximum atomic E-state index is 11.6. The number of amides is 1. The lowest BCUT2D eigenvalue weighted by atomic mass is 10.2. The van der Waals surface area contributed by atoms with Crippen molar-refractivity contribution in [3.05, 3.63) is 34.4 Å². The molecule has 2 N–H and O–H groups in total. The zero-order valence-corrected chi connectivity index (χ0v) is 10.2. The van der Waals surface area contributed by atoms with Crippen molar-refractivity contribution in [2.75, 3.05) is 5.32 Å². The Bertz CT molecular complexity index is 487. The summed E-state index contributed by atoms with van der Waals surface area (Å²) in [5.74, 6) is -1.27. The van der Waals surface area contributed by atoms with Crippen LogP contribution in [0.3, 0.4) is 0 Å². The van der Waals surface area contributed by atoms with Crippen LogP contribution in [0.1, 0.15) is 25.7 Å². The second-order valence-corrected chi connectivity index (χ2v) is 3.92. The van der Waals surface area contributed by atoms with Crippen LogP contribution < -0.4 is 5.32 Å². The van der Waals surface area contributed by atoms with Gasteiger partial charge < -0.3 is 10.4 Å². The Balaban J connectivity index is 2.48. The van der Waals surface area contributed by atoms with E-state index in [2.05, 4.69) is 5.32 Å². The van der Waals surface area contributed by atoms with E-state index in [4.69, 9.17) is 5.11 Å². The van der Waals surface area contributed by atoms with Crippen molar-refractivity contribution in [3.63, 3.8) is 0 Å². The lowest BCUT2D eigenvalue weighted by Gasteiger charge is -2.05. The fraction of sp³-hybridized carbons (Fsp3) is 0.333. The molecule has 0 aliphatic heterocycles. The fourth-order valence-corrected chi connectivity index (χ4v) is 1.51. The quantitative estimate of drug-likeness (QED) is 0.446. The minimum absolute atomic E-state index is 0.0127. The molecule has 0 heterocycles. The van der Waals surface area contributed by atoms with E-state index in [9.17, 15) is 19.7 Å². The van der Waals surface area contributed by atoms with E-state index in [0.717, 1.165) is 0 Å². The van der Waals surface area contributed by atoms with E-state index in [0.29, 0.717) is 12.8 Å². The summed E-state index contributed by atoms with van der Waals surface area (Å²) in [4.78, 5) is 32.0. The van der Waals surface area contributed by atoms with Gasteiger partial charge in [0.2, 0.25) is 5.91 Å². The maximum absolute atomic E-state index is 11.6. The molecule has 19 heavy (non-hydrogen) atoms. The third-order valence-electron chi connectivity index (χ3n) is 2.42. The molecular formula is C12H14N2O5. The highest BCUT2D eigenvalue weighted by Gasteiger charge is 2.14. The number of nitro groups is 1. The van der Waals surface area contributed by atoms with E-state index in [1.54, 1.807) is 6.07 Å². The summed E-state index contributed by atoms with van der Waals surface area (Å²) in [6.45, 7) is 0. The molecule has 102 valence electrons. The first-order valence-electron chi connectivity index (χ1n) is 5.76. The summed E-state index contributed by atoms with van der Waals surface area (Å²) in [5.41, 5.74) is -0.0166. The molecule has 0 bridgehead atoms.